The lowest BCUT2D eigenvalue weighted by molar-refractivity contribution is -0.119. The third-order valence-corrected chi connectivity index (χ3v) is 0.805. The molecule has 2 amide bonds. The van der Waals surface area contributed by atoms with Gasteiger partial charge in [0.05, 0.1) is 6.04 Å². The van der Waals surface area contributed by atoms with Gasteiger partial charge in [-0.05, 0) is 6.42 Å². The number of amides is 2. The summed E-state index contributed by atoms with van der Waals surface area (Å²) in [7, 11) is 0. The molecule has 0 rings (SSSR count). The van der Waals surface area contributed by atoms with Gasteiger partial charge in [0, 0.05) is 0 Å². The second-order valence-corrected chi connectivity index (χ2v) is 1.76. The minimum atomic E-state index is -1.33. The Kier molecular flexibility index (Phi) is 7.67. The number of primary amides is 2. The van der Waals surface area contributed by atoms with Crippen LogP contribution in [0.25, 0.3) is 0 Å². The number of hydrogen-bond donors (Lipinski definition) is 4. The number of carboxylic acid groups (broad SMARTS) is 1. The Bertz CT molecular complexity index is 133. The molecular formula is C5H13N3O3. The summed E-state index contributed by atoms with van der Waals surface area (Å²) in [5, 5.41) is 7.19. The molecule has 6 heteroatoms. The summed E-state index contributed by atoms with van der Waals surface area (Å²) in [6.45, 7) is 1.81. The normalized spacial score (nSPS) is 10.7. The molecule has 0 saturated heterocycles. The van der Waals surface area contributed by atoms with E-state index in [0.717, 1.165) is 0 Å². The van der Waals surface area contributed by atoms with Crippen LogP contribution in [0.2, 0.25) is 0 Å². The number of carbonyl (C=O) groups excluding carboxylic acids is 1. The summed E-state index contributed by atoms with van der Waals surface area (Å²) in [5.41, 5.74) is 14.0. The first-order chi connectivity index (χ1) is 4.91. The number of rotatable bonds is 2. The Hall–Kier alpha value is -1.30. The zero-order valence-electron chi connectivity index (χ0n) is 6.28. The van der Waals surface area contributed by atoms with Crippen LogP contribution < -0.4 is 17.2 Å². The fourth-order valence-corrected chi connectivity index (χ4v) is 0.201. The largest absolute Gasteiger partial charge is 0.465 e. The first kappa shape index (κ1) is 12.4. The average molecular weight is 163 g/mol. The highest BCUT2D eigenvalue weighted by Gasteiger charge is 2.02. The fourth-order valence-electron chi connectivity index (χ4n) is 0.201. The van der Waals surface area contributed by atoms with E-state index >= 15 is 0 Å². The quantitative estimate of drug-likeness (QED) is 0.408. The molecule has 1 atom stereocenters. The van der Waals surface area contributed by atoms with Crippen molar-refractivity contribution in [2.45, 2.75) is 19.4 Å². The summed E-state index contributed by atoms with van der Waals surface area (Å²) >= 11 is 0. The Morgan fingerprint density at radius 3 is 1.73 bits per heavy atom. The van der Waals surface area contributed by atoms with Crippen LogP contribution in [0.3, 0.4) is 0 Å². The Balaban J connectivity index is 0. The molecule has 0 fully saturated rings. The summed E-state index contributed by atoms with van der Waals surface area (Å²) in [6.07, 6.45) is -0.713. The minimum Gasteiger partial charge on any atom is -0.465 e. The third-order valence-electron chi connectivity index (χ3n) is 0.805. The van der Waals surface area contributed by atoms with Crippen LogP contribution in [0.15, 0.2) is 0 Å². The van der Waals surface area contributed by atoms with Crippen LogP contribution in [-0.2, 0) is 4.79 Å². The summed E-state index contributed by atoms with van der Waals surface area (Å²) in [4.78, 5) is 18.8. The van der Waals surface area contributed by atoms with E-state index in [1.54, 1.807) is 0 Å². The predicted octanol–water partition coefficient (Wildman–Crippen LogP) is -1.17. The SMILES string of the molecule is CCC(N)C(N)=O.NC(=O)O. The van der Waals surface area contributed by atoms with Crippen molar-refractivity contribution < 1.29 is 14.7 Å². The lowest BCUT2D eigenvalue weighted by Crippen LogP contribution is -2.35. The zero-order valence-corrected chi connectivity index (χ0v) is 6.28. The highest BCUT2D eigenvalue weighted by atomic mass is 16.4. The number of carbonyl (C=O) groups is 2. The fraction of sp³-hybridized carbons (Fsp3) is 0.600. The van der Waals surface area contributed by atoms with E-state index in [1.807, 2.05) is 6.92 Å². The van der Waals surface area contributed by atoms with Gasteiger partial charge in [0.1, 0.15) is 0 Å². The first-order valence-corrected chi connectivity index (χ1v) is 2.95. The molecule has 0 aromatic heterocycles. The van der Waals surface area contributed by atoms with Crippen LogP contribution >= 0.6 is 0 Å². The molecule has 0 aromatic carbocycles. The molecule has 0 bridgehead atoms. The van der Waals surface area contributed by atoms with Crippen molar-refractivity contribution in [3.8, 4) is 0 Å². The van der Waals surface area contributed by atoms with Crippen LogP contribution in [0.1, 0.15) is 13.3 Å². The molecule has 0 aromatic rings. The van der Waals surface area contributed by atoms with E-state index in [2.05, 4.69) is 5.73 Å². The van der Waals surface area contributed by atoms with Crippen molar-refractivity contribution in [3.63, 3.8) is 0 Å². The molecule has 11 heavy (non-hydrogen) atoms. The van der Waals surface area contributed by atoms with E-state index in [1.165, 1.54) is 0 Å². The smallest absolute Gasteiger partial charge is 0.402 e. The van der Waals surface area contributed by atoms with Gasteiger partial charge in [-0.25, -0.2) is 4.79 Å². The van der Waals surface area contributed by atoms with E-state index in [-0.39, 0.29) is 0 Å². The maximum absolute atomic E-state index is 10.0. The molecular weight excluding hydrogens is 150 g/mol. The van der Waals surface area contributed by atoms with E-state index < -0.39 is 18.0 Å². The maximum Gasteiger partial charge on any atom is 0.402 e. The number of nitrogens with two attached hydrogens (primary N) is 3. The van der Waals surface area contributed by atoms with Gasteiger partial charge in [-0.3, -0.25) is 4.79 Å². The van der Waals surface area contributed by atoms with Crippen molar-refractivity contribution in [2.75, 3.05) is 0 Å². The zero-order chi connectivity index (χ0) is 9.44. The monoisotopic (exact) mass is 163 g/mol. The summed E-state index contributed by atoms with van der Waals surface area (Å²) in [5.74, 6) is -0.428. The topological polar surface area (TPSA) is 132 Å². The van der Waals surface area contributed by atoms with Crippen LogP contribution in [-0.4, -0.2) is 23.1 Å². The lowest BCUT2D eigenvalue weighted by Gasteiger charge is -1.98. The molecule has 0 heterocycles. The van der Waals surface area contributed by atoms with Crippen LogP contribution in [0.5, 0.6) is 0 Å². The lowest BCUT2D eigenvalue weighted by atomic mass is 10.2. The molecule has 1 unspecified atom stereocenters. The Labute approximate surface area is 64.3 Å². The van der Waals surface area contributed by atoms with E-state index in [0.29, 0.717) is 6.42 Å². The molecule has 0 spiro atoms. The molecule has 0 aliphatic carbocycles. The van der Waals surface area contributed by atoms with E-state index in [4.69, 9.17) is 21.4 Å². The third kappa shape index (κ3) is 17.7. The summed E-state index contributed by atoms with van der Waals surface area (Å²) < 4.78 is 0. The van der Waals surface area contributed by atoms with E-state index in [9.17, 15) is 4.79 Å². The number of hydrogen-bond acceptors (Lipinski definition) is 3. The minimum absolute atomic E-state index is 0.428. The van der Waals surface area contributed by atoms with Crippen LogP contribution in [0.4, 0.5) is 4.79 Å². The van der Waals surface area contributed by atoms with Gasteiger partial charge in [-0.1, -0.05) is 6.92 Å². The second kappa shape index (κ2) is 6.81. The Morgan fingerprint density at radius 1 is 1.45 bits per heavy atom. The average Bonchev–Trinajstić information content (AvgIpc) is 1.85. The van der Waals surface area contributed by atoms with Gasteiger partial charge >= 0.3 is 6.09 Å². The summed E-state index contributed by atoms with van der Waals surface area (Å²) in [6, 6.07) is -0.458. The first-order valence-electron chi connectivity index (χ1n) is 2.95. The predicted molar refractivity (Wildman–Crippen MR) is 39.7 cm³/mol. The van der Waals surface area contributed by atoms with Gasteiger partial charge in [-0.2, -0.15) is 0 Å². The van der Waals surface area contributed by atoms with Gasteiger partial charge in [-0.15, -0.1) is 0 Å². The van der Waals surface area contributed by atoms with Gasteiger partial charge in [0.25, 0.3) is 0 Å². The molecule has 0 radical (unpaired) electrons. The molecule has 0 aliphatic heterocycles. The molecule has 66 valence electrons. The molecule has 0 aliphatic rings. The molecule has 6 nitrogen and oxygen atoms in total. The standard InChI is InChI=1S/C4H10N2O.CH3NO2/c1-2-3(5)4(6)7;2-1(3)4/h3H,2,5H2,1H3,(H2,6,7);2H2,(H,3,4). The molecule has 0 saturated carbocycles. The van der Waals surface area contributed by atoms with Crippen molar-refractivity contribution in [1.82, 2.24) is 0 Å². The maximum atomic E-state index is 10.0. The van der Waals surface area contributed by atoms with Crippen LogP contribution in [0, 0.1) is 0 Å². The highest BCUT2D eigenvalue weighted by Crippen LogP contribution is 1.80. The Morgan fingerprint density at radius 2 is 1.73 bits per heavy atom. The van der Waals surface area contributed by atoms with Crippen molar-refractivity contribution >= 4 is 12.0 Å². The highest BCUT2D eigenvalue weighted by molar-refractivity contribution is 5.79. The van der Waals surface area contributed by atoms with Crippen molar-refractivity contribution in [1.29, 1.82) is 0 Å². The van der Waals surface area contributed by atoms with Gasteiger partial charge < -0.3 is 22.3 Å². The molecule has 7 N–H and O–H groups in total. The van der Waals surface area contributed by atoms with Crippen molar-refractivity contribution in [3.05, 3.63) is 0 Å². The van der Waals surface area contributed by atoms with Gasteiger partial charge in [0.15, 0.2) is 0 Å². The second-order valence-electron chi connectivity index (χ2n) is 1.76. The van der Waals surface area contributed by atoms with Crippen molar-refractivity contribution in [2.24, 2.45) is 17.2 Å². The van der Waals surface area contributed by atoms with Gasteiger partial charge in [0.2, 0.25) is 5.91 Å².